The molecule has 0 radical (unpaired) electrons. The highest BCUT2D eigenvalue weighted by atomic mass is 16.5. The van der Waals surface area contributed by atoms with Gasteiger partial charge in [0.2, 0.25) is 0 Å². The minimum absolute atomic E-state index is 0.248. The summed E-state index contributed by atoms with van der Waals surface area (Å²) in [5.74, 6) is -0.429. The van der Waals surface area contributed by atoms with Crippen LogP contribution in [0.2, 0.25) is 0 Å². The Kier molecular flexibility index (Phi) is 3.05. The van der Waals surface area contributed by atoms with Crippen molar-refractivity contribution in [3.05, 3.63) is 24.2 Å². The van der Waals surface area contributed by atoms with Crippen molar-refractivity contribution in [1.29, 1.82) is 0 Å². The average molecular weight is 185 g/mol. The number of hydrogen-bond acceptors (Lipinski definition) is 5. The first-order valence-corrected chi connectivity index (χ1v) is 3.71. The third-order valence-electron chi connectivity index (χ3n) is 1.65. The van der Waals surface area contributed by atoms with Crippen molar-refractivity contribution in [3.8, 4) is 0 Å². The van der Waals surface area contributed by atoms with Crippen molar-refractivity contribution in [2.75, 3.05) is 7.11 Å². The molecule has 0 saturated carbocycles. The van der Waals surface area contributed by atoms with Crippen molar-refractivity contribution in [2.24, 2.45) is 5.73 Å². The van der Waals surface area contributed by atoms with Crippen LogP contribution >= 0.6 is 0 Å². The number of carbonyl (C=O) groups excluding carboxylic acids is 1. The van der Waals surface area contributed by atoms with E-state index in [1.165, 1.54) is 19.4 Å². The quantitative estimate of drug-likeness (QED) is 0.637. The van der Waals surface area contributed by atoms with Gasteiger partial charge in [-0.1, -0.05) is 0 Å². The standard InChI is InChI=1S/C8H11NO4/c1-12-8(11)6(9)7(10)5-3-2-4-13-5/h2-4,6-7,10H,9H2,1H3/t6-,7-/m1/s1. The maximum atomic E-state index is 10.9. The van der Waals surface area contributed by atoms with E-state index >= 15 is 0 Å². The van der Waals surface area contributed by atoms with Gasteiger partial charge in [0.15, 0.2) is 0 Å². The molecule has 0 aliphatic heterocycles. The molecule has 0 saturated heterocycles. The molecule has 0 unspecified atom stereocenters. The Morgan fingerprint density at radius 3 is 2.92 bits per heavy atom. The first-order valence-electron chi connectivity index (χ1n) is 3.71. The van der Waals surface area contributed by atoms with Crippen molar-refractivity contribution >= 4 is 5.97 Å². The summed E-state index contributed by atoms with van der Waals surface area (Å²) in [6.45, 7) is 0. The number of aliphatic hydroxyl groups excluding tert-OH is 1. The molecule has 13 heavy (non-hydrogen) atoms. The number of furan rings is 1. The van der Waals surface area contributed by atoms with E-state index in [-0.39, 0.29) is 5.76 Å². The number of nitrogens with two attached hydrogens (primary N) is 1. The lowest BCUT2D eigenvalue weighted by Gasteiger charge is -2.13. The van der Waals surface area contributed by atoms with Crippen LogP contribution in [0.25, 0.3) is 0 Å². The van der Waals surface area contributed by atoms with E-state index < -0.39 is 18.1 Å². The maximum Gasteiger partial charge on any atom is 0.325 e. The Bertz CT molecular complexity index is 270. The summed E-state index contributed by atoms with van der Waals surface area (Å²) >= 11 is 0. The predicted octanol–water partition coefficient (Wildman–Crippen LogP) is -0.187. The summed E-state index contributed by atoms with van der Waals surface area (Å²) in [7, 11) is 1.21. The number of aliphatic hydroxyl groups is 1. The summed E-state index contributed by atoms with van der Waals surface area (Å²) in [5.41, 5.74) is 5.38. The number of esters is 1. The Labute approximate surface area is 75.1 Å². The van der Waals surface area contributed by atoms with E-state index in [0.29, 0.717) is 0 Å². The van der Waals surface area contributed by atoms with Crippen molar-refractivity contribution in [3.63, 3.8) is 0 Å². The normalized spacial score (nSPS) is 15.0. The van der Waals surface area contributed by atoms with Crippen LogP contribution in [-0.2, 0) is 9.53 Å². The van der Waals surface area contributed by atoms with E-state index in [2.05, 4.69) is 4.74 Å². The lowest BCUT2D eigenvalue weighted by molar-refractivity contribution is -0.145. The molecule has 1 rings (SSSR count). The number of rotatable bonds is 3. The van der Waals surface area contributed by atoms with E-state index in [1.54, 1.807) is 6.07 Å². The third kappa shape index (κ3) is 2.07. The van der Waals surface area contributed by atoms with E-state index in [4.69, 9.17) is 10.2 Å². The summed E-state index contributed by atoms with van der Waals surface area (Å²) in [6, 6.07) is 2.02. The first kappa shape index (κ1) is 9.76. The fourth-order valence-corrected chi connectivity index (χ4v) is 0.902. The zero-order valence-corrected chi connectivity index (χ0v) is 7.14. The van der Waals surface area contributed by atoms with Gasteiger partial charge in [0.05, 0.1) is 13.4 Å². The molecule has 1 heterocycles. The van der Waals surface area contributed by atoms with Gasteiger partial charge in [-0.15, -0.1) is 0 Å². The van der Waals surface area contributed by atoms with E-state index in [9.17, 15) is 9.90 Å². The predicted molar refractivity (Wildman–Crippen MR) is 43.7 cm³/mol. The molecule has 5 nitrogen and oxygen atoms in total. The molecule has 1 aromatic rings. The van der Waals surface area contributed by atoms with Crippen LogP contribution < -0.4 is 5.73 Å². The Hall–Kier alpha value is -1.33. The summed E-state index contributed by atoms with van der Waals surface area (Å²) in [5, 5.41) is 9.46. The van der Waals surface area contributed by atoms with Gasteiger partial charge in [0.25, 0.3) is 0 Å². The van der Waals surface area contributed by atoms with Crippen LogP contribution in [0.3, 0.4) is 0 Å². The molecular weight excluding hydrogens is 174 g/mol. The van der Waals surface area contributed by atoms with Gasteiger partial charge in [-0.3, -0.25) is 4.79 Å². The van der Waals surface area contributed by atoms with Crippen LogP contribution in [0.1, 0.15) is 11.9 Å². The highest BCUT2D eigenvalue weighted by Gasteiger charge is 2.26. The molecule has 3 N–H and O–H groups in total. The van der Waals surface area contributed by atoms with Crippen molar-refractivity contribution in [2.45, 2.75) is 12.1 Å². The number of methoxy groups -OCH3 is 1. The highest BCUT2D eigenvalue weighted by molar-refractivity contribution is 5.76. The fraction of sp³-hybridized carbons (Fsp3) is 0.375. The van der Waals surface area contributed by atoms with Crippen LogP contribution in [-0.4, -0.2) is 24.2 Å². The second kappa shape index (κ2) is 4.06. The van der Waals surface area contributed by atoms with Crippen LogP contribution in [0.15, 0.2) is 22.8 Å². The lowest BCUT2D eigenvalue weighted by Crippen LogP contribution is -2.37. The molecule has 5 heteroatoms. The van der Waals surface area contributed by atoms with Crippen molar-refractivity contribution < 1.29 is 19.1 Å². The maximum absolute atomic E-state index is 10.9. The number of ether oxygens (including phenoxy) is 1. The molecular formula is C8H11NO4. The van der Waals surface area contributed by atoms with Gasteiger partial charge in [0, 0.05) is 0 Å². The second-order valence-corrected chi connectivity index (χ2v) is 2.51. The van der Waals surface area contributed by atoms with E-state index in [1.807, 2.05) is 0 Å². The first-order chi connectivity index (χ1) is 6.16. The van der Waals surface area contributed by atoms with Crippen LogP contribution in [0.5, 0.6) is 0 Å². The van der Waals surface area contributed by atoms with Gasteiger partial charge in [-0.05, 0) is 12.1 Å². The SMILES string of the molecule is COC(=O)[C@H](N)[C@H](O)c1ccco1. The Morgan fingerprint density at radius 2 is 2.46 bits per heavy atom. The third-order valence-corrected chi connectivity index (χ3v) is 1.65. The molecule has 0 fully saturated rings. The minimum atomic E-state index is -1.16. The summed E-state index contributed by atoms with van der Waals surface area (Å²) in [6.07, 6.45) is 0.227. The van der Waals surface area contributed by atoms with Gasteiger partial charge >= 0.3 is 5.97 Å². The molecule has 0 amide bonds. The topological polar surface area (TPSA) is 85.7 Å². The van der Waals surface area contributed by atoms with Gasteiger partial charge in [0.1, 0.15) is 17.9 Å². The summed E-state index contributed by atoms with van der Waals surface area (Å²) in [4.78, 5) is 10.9. The largest absolute Gasteiger partial charge is 0.468 e. The summed E-state index contributed by atoms with van der Waals surface area (Å²) < 4.78 is 9.24. The number of carbonyl (C=O) groups is 1. The van der Waals surface area contributed by atoms with E-state index in [0.717, 1.165) is 0 Å². The smallest absolute Gasteiger partial charge is 0.325 e. The zero-order chi connectivity index (χ0) is 9.84. The molecule has 0 aromatic carbocycles. The number of hydrogen-bond donors (Lipinski definition) is 2. The molecule has 2 atom stereocenters. The zero-order valence-electron chi connectivity index (χ0n) is 7.14. The Balaban J connectivity index is 2.68. The molecule has 0 spiro atoms. The lowest BCUT2D eigenvalue weighted by atomic mass is 10.1. The molecule has 0 bridgehead atoms. The monoisotopic (exact) mass is 185 g/mol. The molecule has 0 aliphatic carbocycles. The Morgan fingerprint density at radius 1 is 1.77 bits per heavy atom. The second-order valence-electron chi connectivity index (χ2n) is 2.51. The van der Waals surface area contributed by atoms with Crippen molar-refractivity contribution in [1.82, 2.24) is 0 Å². The molecule has 1 aromatic heterocycles. The molecule has 0 aliphatic rings. The molecule has 72 valence electrons. The van der Waals surface area contributed by atoms with Crippen LogP contribution in [0.4, 0.5) is 0 Å². The van der Waals surface area contributed by atoms with Crippen LogP contribution in [0, 0.1) is 0 Å². The minimum Gasteiger partial charge on any atom is -0.468 e. The highest BCUT2D eigenvalue weighted by Crippen LogP contribution is 2.16. The van der Waals surface area contributed by atoms with Gasteiger partial charge in [-0.2, -0.15) is 0 Å². The fourth-order valence-electron chi connectivity index (χ4n) is 0.902. The van der Waals surface area contributed by atoms with Gasteiger partial charge < -0.3 is 20.0 Å². The van der Waals surface area contributed by atoms with Gasteiger partial charge in [-0.25, -0.2) is 0 Å². The average Bonchev–Trinajstić information content (AvgIpc) is 2.67.